The first kappa shape index (κ1) is 9.26. The Morgan fingerprint density at radius 2 is 2.00 bits per heavy atom. The number of hydrogen-bond donors (Lipinski definition) is 0. The van der Waals surface area contributed by atoms with Crippen LogP contribution in [0.3, 0.4) is 0 Å². The molecule has 1 nitrogen and oxygen atoms in total. The van der Waals surface area contributed by atoms with Gasteiger partial charge >= 0.3 is 0 Å². The van der Waals surface area contributed by atoms with E-state index in [-0.39, 0.29) is 0 Å². The lowest BCUT2D eigenvalue weighted by Crippen LogP contribution is -2.48. The number of rotatable bonds is 0. The fraction of sp³-hybridized carbons (Fsp3) is 0.571. The molecule has 3 rings (SSSR count). The third kappa shape index (κ3) is 1.45. The van der Waals surface area contributed by atoms with Gasteiger partial charge in [0.05, 0.1) is 0 Å². The zero-order valence-corrected chi connectivity index (χ0v) is 9.45. The smallest absolute Gasteiger partial charge is 0.0403 e. The van der Waals surface area contributed by atoms with Crippen LogP contribution in [0.15, 0.2) is 24.3 Å². The number of hydrogen-bond acceptors (Lipinski definition) is 1. The van der Waals surface area contributed by atoms with Crippen LogP contribution in [0.25, 0.3) is 0 Å². The highest BCUT2D eigenvalue weighted by Crippen LogP contribution is 2.37. The maximum Gasteiger partial charge on any atom is 0.0403 e. The lowest BCUT2D eigenvalue weighted by Gasteiger charge is -2.46. The van der Waals surface area contributed by atoms with Crippen molar-refractivity contribution in [2.75, 3.05) is 4.90 Å². The Labute approximate surface area is 92.1 Å². The van der Waals surface area contributed by atoms with Gasteiger partial charge in [0.2, 0.25) is 0 Å². The molecule has 1 saturated heterocycles. The minimum Gasteiger partial charge on any atom is -0.366 e. The molecular formula is C14H19N. The Kier molecular flexibility index (Phi) is 2.19. The Morgan fingerprint density at radius 3 is 2.93 bits per heavy atom. The third-order valence-electron chi connectivity index (χ3n) is 4.04. The molecule has 2 atom stereocenters. The summed E-state index contributed by atoms with van der Waals surface area (Å²) in [5.74, 6) is 0. The molecule has 0 N–H and O–H groups in total. The minimum atomic E-state index is 0.741. The van der Waals surface area contributed by atoms with E-state index in [2.05, 4.69) is 36.1 Å². The van der Waals surface area contributed by atoms with E-state index in [1.54, 1.807) is 5.56 Å². The van der Waals surface area contributed by atoms with E-state index in [4.69, 9.17) is 0 Å². The van der Waals surface area contributed by atoms with E-state index in [9.17, 15) is 0 Å². The van der Waals surface area contributed by atoms with Crippen molar-refractivity contribution in [2.24, 2.45) is 0 Å². The van der Waals surface area contributed by atoms with Crippen molar-refractivity contribution in [3.8, 4) is 0 Å². The predicted octanol–water partition coefficient (Wildman–Crippen LogP) is 3.38. The molecule has 0 spiro atoms. The molecule has 2 aliphatic heterocycles. The summed E-state index contributed by atoms with van der Waals surface area (Å²) in [4.78, 5) is 2.68. The Balaban J connectivity index is 2.02. The summed E-state index contributed by atoms with van der Waals surface area (Å²) in [5, 5.41) is 0. The van der Waals surface area contributed by atoms with Crippen LogP contribution in [0.2, 0.25) is 0 Å². The molecule has 1 heteroatoms. The number of para-hydroxylation sites is 1. The molecular weight excluding hydrogens is 182 g/mol. The van der Waals surface area contributed by atoms with Crippen molar-refractivity contribution in [3.63, 3.8) is 0 Å². The van der Waals surface area contributed by atoms with Crippen molar-refractivity contribution in [1.82, 2.24) is 0 Å². The van der Waals surface area contributed by atoms with Gasteiger partial charge < -0.3 is 4.90 Å². The van der Waals surface area contributed by atoms with E-state index in [0.29, 0.717) is 0 Å². The Bertz CT molecular complexity index is 358. The topological polar surface area (TPSA) is 3.24 Å². The number of piperidine rings is 1. The molecule has 0 radical (unpaired) electrons. The summed E-state index contributed by atoms with van der Waals surface area (Å²) >= 11 is 0. The molecule has 0 bridgehead atoms. The van der Waals surface area contributed by atoms with Gasteiger partial charge in [-0.25, -0.2) is 0 Å². The van der Waals surface area contributed by atoms with Crippen LogP contribution < -0.4 is 4.90 Å². The van der Waals surface area contributed by atoms with Gasteiger partial charge in [0.15, 0.2) is 0 Å². The zero-order valence-electron chi connectivity index (χ0n) is 9.45. The summed E-state index contributed by atoms with van der Waals surface area (Å²) in [7, 11) is 0. The SMILES string of the molecule is C[C@@H]1CCC[C@@H]2CCc3ccccc3N21. The number of fused-ring (bicyclic) bond motifs is 3. The standard InChI is InChI=1S/C14H19N/c1-11-5-4-7-13-10-9-12-6-2-3-8-14(12)15(11)13/h2-3,6,8,11,13H,4-5,7,9-10H2,1H3/t11-,13-/m1/s1. The van der Waals surface area contributed by atoms with E-state index in [1.165, 1.54) is 37.8 Å². The largest absolute Gasteiger partial charge is 0.366 e. The number of aryl methyl sites for hydroxylation is 1. The van der Waals surface area contributed by atoms with Crippen LogP contribution in [0, 0.1) is 0 Å². The van der Waals surface area contributed by atoms with Gasteiger partial charge in [0.25, 0.3) is 0 Å². The second-order valence-corrected chi connectivity index (χ2v) is 5.01. The molecule has 1 aromatic carbocycles. The van der Waals surface area contributed by atoms with Crippen LogP contribution in [0.5, 0.6) is 0 Å². The van der Waals surface area contributed by atoms with Crippen molar-refractivity contribution in [2.45, 2.75) is 51.1 Å². The third-order valence-corrected chi connectivity index (χ3v) is 4.04. The average molecular weight is 201 g/mol. The monoisotopic (exact) mass is 201 g/mol. The van der Waals surface area contributed by atoms with Crippen molar-refractivity contribution in [1.29, 1.82) is 0 Å². The molecule has 2 aliphatic rings. The van der Waals surface area contributed by atoms with E-state index < -0.39 is 0 Å². The van der Waals surface area contributed by atoms with E-state index >= 15 is 0 Å². The number of nitrogens with zero attached hydrogens (tertiary/aromatic N) is 1. The fourth-order valence-corrected chi connectivity index (χ4v) is 3.30. The molecule has 2 heterocycles. The second-order valence-electron chi connectivity index (χ2n) is 5.01. The summed E-state index contributed by atoms with van der Waals surface area (Å²) in [5.41, 5.74) is 3.07. The molecule has 1 aromatic rings. The van der Waals surface area contributed by atoms with Crippen LogP contribution >= 0.6 is 0 Å². The van der Waals surface area contributed by atoms with Gasteiger partial charge in [0, 0.05) is 17.8 Å². The molecule has 0 amide bonds. The first-order chi connectivity index (χ1) is 7.36. The van der Waals surface area contributed by atoms with Crippen LogP contribution in [-0.2, 0) is 6.42 Å². The van der Waals surface area contributed by atoms with E-state index in [0.717, 1.165) is 12.1 Å². The molecule has 0 saturated carbocycles. The van der Waals surface area contributed by atoms with Crippen molar-refractivity contribution < 1.29 is 0 Å². The predicted molar refractivity (Wildman–Crippen MR) is 64.3 cm³/mol. The highest BCUT2D eigenvalue weighted by atomic mass is 15.2. The summed E-state index contributed by atoms with van der Waals surface area (Å²) < 4.78 is 0. The second kappa shape index (κ2) is 3.55. The first-order valence-electron chi connectivity index (χ1n) is 6.22. The highest BCUT2D eigenvalue weighted by molar-refractivity contribution is 5.57. The summed E-state index contributed by atoms with van der Waals surface area (Å²) in [6.07, 6.45) is 6.83. The van der Waals surface area contributed by atoms with Gasteiger partial charge in [0.1, 0.15) is 0 Å². The van der Waals surface area contributed by atoms with Crippen molar-refractivity contribution in [3.05, 3.63) is 29.8 Å². The lowest BCUT2D eigenvalue weighted by atomic mass is 9.87. The molecule has 80 valence electrons. The lowest BCUT2D eigenvalue weighted by molar-refractivity contribution is 0.369. The minimum absolute atomic E-state index is 0.741. The first-order valence-corrected chi connectivity index (χ1v) is 6.22. The summed E-state index contributed by atoms with van der Waals surface area (Å²) in [6, 6.07) is 10.5. The maximum atomic E-state index is 2.68. The van der Waals surface area contributed by atoms with Crippen molar-refractivity contribution >= 4 is 5.69 Å². The van der Waals surface area contributed by atoms with Crippen LogP contribution in [0.4, 0.5) is 5.69 Å². The van der Waals surface area contributed by atoms with Gasteiger partial charge in [-0.1, -0.05) is 18.2 Å². The number of anilines is 1. The van der Waals surface area contributed by atoms with E-state index in [1.807, 2.05) is 0 Å². The average Bonchev–Trinajstić information content (AvgIpc) is 2.29. The van der Waals surface area contributed by atoms with Crippen LogP contribution in [-0.4, -0.2) is 12.1 Å². The molecule has 0 unspecified atom stereocenters. The van der Waals surface area contributed by atoms with Gasteiger partial charge in [-0.2, -0.15) is 0 Å². The quantitative estimate of drug-likeness (QED) is 0.622. The fourth-order valence-electron chi connectivity index (χ4n) is 3.30. The highest BCUT2D eigenvalue weighted by Gasteiger charge is 2.31. The number of benzene rings is 1. The Hall–Kier alpha value is -0.980. The van der Waals surface area contributed by atoms with Gasteiger partial charge in [-0.3, -0.25) is 0 Å². The Morgan fingerprint density at radius 1 is 1.13 bits per heavy atom. The van der Waals surface area contributed by atoms with Gasteiger partial charge in [-0.05, 0) is 50.7 Å². The maximum absolute atomic E-state index is 2.68. The molecule has 1 fully saturated rings. The molecule has 0 aliphatic carbocycles. The zero-order chi connectivity index (χ0) is 10.3. The summed E-state index contributed by atoms with van der Waals surface area (Å²) in [6.45, 7) is 2.38. The van der Waals surface area contributed by atoms with Crippen LogP contribution in [0.1, 0.15) is 38.2 Å². The molecule has 15 heavy (non-hydrogen) atoms. The molecule has 0 aromatic heterocycles. The normalized spacial score (nSPS) is 29.5. The van der Waals surface area contributed by atoms with Gasteiger partial charge in [-0.15, -0.1) is 0 Å².